The molecule has 0 bridgehead atoms. The third-order valence-electron chi connectivity index (χ3n) is 9.41. The first-order chi connectivity index (χ1) is 20.5. The lowest BCUT2D eigenvalue weighted by atomic mass is 9.92. The molecule has 3 heterocycles. The number of sulfonamides is 1. The van der Waals surface area contributed by atoms with Gasteiger partial charge in [-0.3, -0.25) is 0 Å². The second-order valence-electron chi connectivity index (χ2n) is 12.2. The van der Waals surface area contributed by atoms with Crippen molar-refractivity contribution >= 4 is 43.7 Å². The number of nitrogens with two attached hydrogens (primary N) is 1. The van der Waals surface area contributed by atoms with Crippen molar-refractivity contribution in [2.75, 3.05) is 23.7 Å². The number of piperidine rings is 1. The highest BCUT2D eigenvalue weighted by Gasteiger charge is 2.31. The smallest absolute Gasteiger partial charge is 0.243 e. The van der Waals surface area contributed by atoms with Gasteiger partial charge in [-0.15, -0.1) is 0 Å². The van der Waals surface area contributed by atoms with Crippen molar-refractivity contribution < 1.29 is 8.42 Å². The Morgan fingerprint density at radius 2 is 1.52 bits per heavy atom. The molecule has 10 nitrogen and oxygen atoms in total. The number of nitrogens with zero attached hydrogens (tertiary/aromatic N) is 5. The summed E-state index contributed by atoms with van der Waals surface area (Å²) in [5.41, 5.74) is 7.79. The van der Waals surface area contributed by atoms with Gasteiger partial charge in [-0.25, -0.2) is 13.4 Å². The van der Waals surface area contributed by atoms with Gasteiger partial charge in [0, 0.05) is 42.6 Å². The van der Waals surface area contributed by atoms with E-state index < -0.39 is 10.0 Å². The molecule has 4 N–H and O–H groups in total. The molecule has 2 aromatic carbocycles. The normalized spacial score (nSPS) is 23.1. The summed E-state index contributed by atoms with van der Waals surface area (Å²) in [6.07, 6.45) is 12.1. The summed E-state index contributed by atoms with van der Waals surface area (Å²) < 4.78 is 31.2. The number of fused-ring (bicyclic) bond motifs is 2. The van der Waals surface area contributed by atoms with E-state index in [4.69, 9.17) is 20.7 Å². The summed E-state index contributed by atoms with van der Waals surface area (Å²) in [6, 6.07) is 14.2. The minimum atomic E-state index is -3.61. The van der Waals surface area contributed by atoms with Crippen LogP contribution < -0.4 is 16.4 Å². The maximum Gasteiger partial charge on any atom is 0.243 e. The van der Waals surface area contributed by atoms with Gasteiger partial charge in [0.05, 0.1) is 11.2 Å². The fourth-order valence-corrected chi connectivity index (χ4v) is 8.66. The largest absolute Gasteiger partial charge is 0.365 e. The molecule has 1 aliphatic heterocycles. The van der Waals surface area contributed by atoms with Crippen molar-refractivity contribution in [1.82, 2.24) is 23.8 Å². The number of imidazole rings is 1. The Labute approximate surface area is 247 Å². The maximum atomic E-state index is 13.7. The van der Waals surface area contributed by atoms with Crippen LogP contribution in [0.2, 0.25) is 0 Å². The predicted octanol–water partition coefficient (Wildman–Crippen LogP) is 5.04. The van der Waals surface area contributed by atoms with Gasteiger partial charge >= 0.3 is 0 Å². The highest BCUT2D eigenvalue weighted by atomic mass is 32.2. The minimum absolute atomic E-state index is 0.0826. The van der Waals surface area contributed by atoms with E-state index in [2.05, 4.69) is 15.2 Å². The molecule has 2 saturated carbocycles. The second kappa shape index (κ2) is 11.4. The quantitative estimate of drug-likeness (QED) is 0.274. The van der Waals surface area contributed by atoms with Gasteiger partial charge in [0.1, 0.15) is 0 Å². The van der Waals surface area contributed by atoms with E-state index >= 15 is 0 Å². The van der Waals surface area contributed by atoms with Crippen LogP contribution in [0.3, 0.4) is 0 Å². The Morgan fingerprint density at radius 1 is 0.810 bits per heavy atom. The van der Waals surface area contributed by atoms with Crippen molar-refractivity contribution in [3.8, 4) is 0 Å². The molecule has 3 fully saturated rings. The van der Waals surface area contributed by atoms with Crippen molar-refractivity contribution in [3.63, 3.8) is 0 Å². The first-order valence-corrected chi connectivity index (χ1v) is 16.9. The second-order valence-corrected chi connectivity index (χ2v) is 14.1. The van der Waals surface area contributed by atoms with Gasteiger partial charge in [-0.1, -0.05) is 49.2 Å². The highest BCUT2D eigenvalue weighted by Crippen LogP contribution is 2.34. The Hall–Kier alpha value is -3.28. The number of benzene rings is 2. The average molecular weight is 589 g/mol. The molecule has 2 aromatic heterocycles. The van der Waals surface area contributed by atoms with E-state index in [1.54, 1.807) is 10.4 Å². The standard InChI is InChI=1S/C31H40N8O2S/c32-22-12-14-23(15-13-22)35-31-36-29(28-30(37-31)39(20-33-28)25-8-2-3-9-25)34-24-16-18-38(19-17-24)42(40,41)27-11-5-7-21-6-1-4-10-26(21)27/h1,4-7,10-11,20,22-25H,2-3,8-9,12-19,32H2,(H2,34,35,36,37)/t22-,23-. The number of nitrogens with one attached hydrogen (secondary N) is 2. The zero-order valence-electron chi connectivity index (χ0n) is 24.0. The lowest BCUT2D eigenvalue weighted by Gasteiger charge is -2.32. The van der Waals surface area contributed by atoms with Crippen LogP contribution in [0.4, 0.5) is 11.8 Å². The summed E-state index contributed by atoms with van der Waals surface area (Å²) in [5.74, 6) is 1.35. The van der Waals surface area contributed by atoms with E-state index in [0.29, 0.717) is 48.9 Å². The SMILES string of the molecule is N[C@H]1CC[C@H](Nc2nc(NC3CCN(S(=O)(=O)c4cccc5ccccc45)CC3)c3ncn(C4CCCC4)c3n2)CC1. The zero-order valence-corrected chi connectivity index (χ0v) is 24.8. The van der Waals surface area contributed by atoms with E-state index in [1.807, 2.05) is 42.7 Å². The van der Waals surface area contributed by atoms with Crippen LogP contribution in [0.1, 0.15) is 70.3 Å². The Bertz CT molecular complexity index is 1660. The fourth-order valence-electron chi connectivity index (χ4n) is 6.97. The number of hydrogen-bond donors (Lipinski definition) is 3. The zero-order chi connectivity index (χ0) is 28.7. The monoisotopic (exact) mass is 588 g/mol. The van der Waals surface area contributed by atoms with Crippen LogP contribution in [0.15, 0.2) is 53.7 Å². The molecule has 0 amide bonds. The van der Waals surface area contributed by atoms with Gasteiger partial charge in [-0.2, -0.15) is 14.3 Å². The third-order valence-corrected chi connectivity index (χ3v) is 11.4. The van der Waals surface area contributed by atoms with E-state index in [9.17, 15) is 8.42 Å². The molecule has 7 rings (SSSR count). The molecule has 1 saturated heterocycles. The molecule has 0 atom stereocenters. The summed E-state index contributed by atoms with van der Waals surface area (Å²) in [4.78, 5) is 15.0. The van der Waals surface area contributed by atoms with Gasteiger partial charge in [0.25, 0.3) is 0 Å². The Morgan fingerprint density at radius 3 is 2.31 bits per heavy atom. The topological polar surface area (TPSA) is 131 Å². The fraction of sp³-hybridized carbons (Fsp3) is 0.516. The number of aromatic nitrogens is 4. The summed E-state index contributed by atoms with van der Waals surface area (Å²) in [6.45, 7) is 0.892. The van der Waals surface area contributed by atoms with Gasteiger partial charge < -0.3 is 20.9 Å². The molecule has 0 unspecified atom stereocenters. The predicted molar refractivity (Wildman–Crippen MR) is 166 cm³/mol. The lowest BCUT2D eigenvalue weighted by molar-refractivity contribution is 0.330. The van der Waals surface area contributed by atoms with Gasteiger partial charge in [0.15, 0.2) is 17.0 Å². The molecule has 4 aromatic rings. The summed E-state index contributed by atoms with van der Waals surface area (Å²) >= 11 is 0. The Kier molecular flexibility index (Phi) is 7.49. The van der Waals surface area contributed by atoms with Crippen LogP contribution >= 0.6 is 0 Å². The van der Waals surface area contributed by atoms with E-state index in [0.717, 1.165) is 66.3 Å². The molecule has 222 valence electrons. The molecule has 2 aliphatic carbocycles. The summed E-state index contributed by atoms with van der Waals surface area (Å²) in [7, 11) is -3.61. The van der Waals surface area contributed by atoms with Crippen molar-refractivity contribution in [2.45, 2.75) is 93.3 Å². The first-order valence-electron chi connectivity index (χ1n) is 15.5. The van der Waals surface area contributed by atoms with Crippen LogP contribution in [0, 0.1) is 0 Å². The van der Waals surface area contributed by atoms with Crippen molar-refractivity contribution in [1.29, 1.82) is 0 Å². The van der Waals surface area contributed by atoms with Crippen LogP contribution in [-0.4, -0.2) is 63.5 Å². The first kappa shape index (κ1) is 27.5. The van der Waals surface area contributed by atoms with Crippen LogP contribution in [0.25, 0.3) is 21.9 Å². The lowest BCUT2D eigenvalue weighted by Crippen LogP contribution is -2.42. The van der Waals surface area contributed by atoms with E-state index in [1.165, 1.54) is 12.8 Å². The average Bonchev–Trinajstić information content (AvgIpc) is 3.69. The van der Waals surface area contributed by atoms with E-state index in [-0.39, 0.29) is 12.1 Å². The van der Waals surface area contributed by atoms with Gasteiger partial charge in [0.2, 0.25) is 16.0 Å². The van der Waals surface area contributed by atoms with Crippen LogP contribution in [0.5, 0.6) is 0 Å². The van der Waals surface area contributed by atoms with Crippen molar-refractivity contribution in [2.24, 2.45) is 5.73 Å². The van der Waals surface area contributed by atoms with Gasteiger partial charge in [-0.05, 0) is 62.8 Å². The number of rotatable bonds is 7. The summed E-state index contributed by atoms with van der Waals surface area (Å²) in [5, 5.41) is 8.93. The highest BCUT2D eigenvalue weighted by molar-refractivity contribution is 7.89. The number of hydrogen-bond acceptors (Lipinski definition) is 8. The molecule has 0 spiro atoms. The molecular weight excluding hydrogens is 548 g/mol. The Balaban J connectivity index is 1.11. The molecule has 42 heavy (non-hydrogen) atoms. The van der Waals surface area contributed by atoms with Crippen LogP contribution in [-0.2, 0) is 10.0 Å². The molecule has 11 heteroatoms. The van der Waals surface area contributed by atoms with Crippen molar-refractivity contribution in [3.05, 3.63) is 48.8 Å². The number of anilines is 2. The third kappa shape index (κ3) is 5.33. The minimum Gasteiger partial charge on any atom is -0.365 e. The molecule has 3 aliphatic rings. The molecule has 0 radical (unpaired) electrons. The maximum absolute atomic E-state index is 13.7. The molecular formula is C31H40N8O2S.